The maximum Gasteiger partial charge on any atom is 0.159 e. The Bertz CT molecular complexity index is 377. The molecule has 0 unspecified atom stereocenters. The molecule has 0 aromatic heterocycles. The van der Waals surface area contributed by atoms with Crippen LogP contribution in [0.15, 0.2) is 18.2 Å². The Balaban J connectivity index is 1.83. The molecule has 2 rings (SSSR count). The number of hydrogen-bond donors (Lipinski definition) is 1. The lowest BCUT2D eigenvalue weighted by molar-refractivity contribution is 0.494. The van der Waals surface area contributed by atoms with Crippen LogP contribution in [0.25, 0.3) is 0 Å². The van der Waals surface area contributed by atoms with Crippen LogP contribution in [-0.4, -0.2) is 12.4 Å². The molecule has 0 atom stereocenters. The number of benzene rings is 1. The van der Waals surface area contributed by atoms with Crippen LogP contribution >= 0.6 is 11.6 Å². The van der Waals surface area contributed by atoms with Crippen LogP contribution in [0.2, 0.25) is 0 Å². The maximum atomic E-state index is 12.9. The Morgan fingerprint density at radius 2 is 2.00 bits per heavy atom. The molecule has 1 N–H and O–H groups in total. The van der Waals surface area contributed by atoms with E-state index in [0.717, 1.165) is 31.0 Å². The van der Waals surface area contributed by atoms with Gasteiger partial charge in [0, 0.05) is 19.0 Å². The van der Waals surface area contributed by atoms with Gasteiger partial charge in [0.25, 0.3) is 0 Å². The first-order chi connectivity index (χ1) is 7.65. The van der Waals surface area contributed by atoms with Crippen molar-refractivity contribution in [3.05, 3.63) is 35.4 Å². The zero-order valence-electron chi connectivity index (χ0n) is 8.90. The van der Waals surface area contributed by atoms with Crippen molar-refractivity contribution in [2.45, 2.75) is 19.4 Å². The number of nitrogens with one attached hydrogen (secondary N) is 1. The molecule has 0 radical (unpaired) electrons. The average Bonchev–Trinajstić information content (AvgIpc) is 3.04. The molecule has 1 aromatic rings. The Labute approximate surface area is 98.8 Å². The van der Waals surface area contributed by atoms with Crippen LogP contribution in [0.5, 0.6) is 0 Å². The molecule has 1 aliphatic rings. The van der Waals surface area contributed by atoms with E-state index in [1.165, 1.54) is 6.07 Å². The summed E-state index contributed by atoms with van der Waals surface area (Å²) >= 11 is 5.83. The topological polar surface area (TPSA) is 12.0 Å². The van der Waals surface area contributed by atoms with Crippen LogP contribution in [-0.2, 0) is 6.54 Å². The number of hydrogen-bond acceptors (Lipinski definition) is 1. The van der Waals surface area contributed by atoms with Gasteiger partial charge >= 0.3 is 0 Å². The molecule has 0 heterocycles. The van der Waals surface area contributed by atoms with Gasteiger partial charge in [-0.25, -0.2) is 8.78 Å². The van der Waals surface area contributed by atoms with Crippen LogP contribution in [0, 0.1) is 17.0 Å². The number of rotatable bonds is 5. The fourth-order valence-corrected chi connectivity index (χ4v) is 2.02. The molecule has 0 amide bonds. The van der Waals surface area contributed by atoms with E-state index in [-0.39, 0.29) is 5.41 Å². The van der Waals surface area contributed by atoms with Gasteiger partial charge in [-0.05, 0) is 36.0 Å². The van der Waals surface area contributed by atoms with E-state index in [4.69, 9.17) is 11.6 Å². The van der Waals surface area contributed by atoms with E-state index in [2.05, 4.69) is 5.32 Å². The third-order valence-electron chi connectivity index (χ3n) is 3.05. The summed E-state index contributed by atoms with van der Waals surface area (Å²) in [5.41, 5.74) is 1.00. The fourth-order valence-electron chi connectivity index (χ4n) is 1.66. The lowest BCUT2D eigenvalue weighted by Gasteiger charge is -2.12. The van der Waals surface area contributed by atoms with Crippen molar-refractivity contribution in [1.29, 1.82) is 0 Å². The largest absolute Gasteiger partial charge is 0.312 e. The summed E-state index contributed by atoms with van der Waals surface area (Å²) in [6, 6.07) is 3.97. The molecule has 1 aromatic carbocycles. The molecule has 4 heteroatoms. The average molecular weight is 246 g/mol. The second-order valence-electron chi connectivity index (χ2n) is 4.49. The quantitative estimate of drug-likeness (QED) is 0.787. The van der Waals surface area contributed by atoms with Crippen molar-refractivity contribution in [2.24, 2.45) is 5.41 Å². The van der Waals surface area contributed by atoms with E-state index < -0.39 is 11.6 Å². The summed E-state index contributed by atoms with van der Waals surface area (Å²) in [5.74, 6) is -0.932. The lowest BCUT2D eigenvalue weighted by Crippen LogP contribution is -2.24. The molecule has 88 valence electrons. The molecule has 0 aliphatic heterocycles. The first kappa shape index (κ1) is 11.8. The van der Waals surface area contributed by atoms with Gasteiger partial charge in [-0.1, -0.05) is 6.07 Å². The first-order valence-electron chi connectivity index (χ1n) is 5.36. The Morgan fingerprint density at radius 1 is 1.25 bits per heavy atom. The van der Waals surface area contributed by atoms with Crippen LogP contribution < -0.4 is 5.32 Å². The molecule has 0 spiro atoms. The Morgan fingerprint density at radius 3 is 2.56 bits per heavy atom. The third-order valence-corrected chi connectivity index (χ3v) is 3.62. The monoisotopic (exact) mass is 245 g/mol. The standard InChI is InChI=1S/C12H14ClF2N/c13-7-12(3-4-12)8-16-6-9-1-2-10(14)11(15)5-9/h1-2,5,16H,3-4,6-8H2. The van der Waals surface area contributed by atoms with Gasteiger partial charge in [-0.2, -0.15) is 0 Å². The second kappa shape index (κ2) is 4.68. The van der Waals surface area contributed by atoms with Crippen LogP contribution in [0.1, 0.15) is 18.4 Å². The van der Waals surface area contributed by atoms with E-state index in [0.29, 0.717) is 12.4 Å². The van der Waals surface area contributed by atoms with Crippen molar-refractivity contribution >= 4 is 11.6 Å². The number of alkyl halides is 1. The fraction of sp³-hybridized carbons (Fsp3) is 0.500. The highest BCUT2D eigenvalue weighted by Gasteiger charge is 2.40. The first-order valence-corrected chi connectivity index (χ1v) is 5.89. The smallest absolute Gasteiger partial charge is 0.159 e. The number of halogens is 3. The van der Waals surface area contributed by atoms with Gasteiger partial charge in [0.1, 0.15) is 0 Å². The summed E-state index contributed by atoms with van der Waals surface area (Å²) < 4.78 is 25.6. The molecule has 1 saturated carbocycles. The molecule has 0 saturated heterocycles. The van der Waals surface area contributed by atoms with E-state index in [1.54, 1.807) is 6.07 Å². The van der Waals surface area contributed by atoms with Crippen molar-refractivity contribution in [3.63, 3.8) is 0 Å². The minimum absolute atomic E-state index is 0.250. The van der Waals surface area contributed by atoms with E-state index in [9.17, 15) is 8.78 Å². The SMILES string of the molecule is Fc1ccc(CNCC2(CCl)CC2)cc1F. The van der Waals surface area contributed by atoms with Crippen molar-refractivity contribution < 1.29 is 8.78 Å². The molecule has 1 aliphatic carbocycles. The van der Waals surface area contributed by atoms with E-state index >= 15 is 0 Å². The van der Waals surface area contributed by atoms with Gasteiger partial charge in [-0.15, -0.1) is 11.6 Å². The highest BCUT2D eigenvalue weighted by atomic mass is 35.5. The minimum atomic E-state index is -0.803. The molecule has 0 bridgehead atoms. The molecule has 16 heavy (non-hydrogen) atoms. The van der Waals surface area contributed by atoms with Gasteiger partial charge in [0.15, 0.2) is 11.6 Å². The zero-order chi connectivity index (χ0) is 11.6. The normalized spacial score (nSPS) is 17.4. The predicted octanol–water partition coefficient (Wildman–Crippen LogP) is 3.07. The van der Waals surface area contributed by atoms with Crippen molar-refractivity contribution in [1.82, 2.24) is 5.32 Å². The summed E-state index contributed by atoms with van der Waals surface area (Å²) in [5, 5.41) is 3.23. The predicted molar refractivity (Wildman–Crippen MR) is 60.5 cm³/mol. The molecule has 1 fully saturated rings. The third kappa shape index (κ3) is 2.71. The van der Waals surface area contributed by atoms with Gasteiger partial charge in [0.2, 0.25) is 0 Å². The summed E-state index contributed by atoms with van der Waals surface area (Å²) in [4.78, 5) is 0. The van der Waals surface area contributed by atoms with Crippen LogP contribution in [0.4, 0.5) is 8.78 Å². The maximum absolute atomic E-state index is 12.9. The van der Waals surface area contributed by atoms with Gasteiger partial charge in [0.05, 0.1) is 0 Å². The van der Waals surface area contributed by atoms with Crippen molar-refractivity contribution in [2.75, 3.05) is 12.4 Å². The Kier molecular flexibility index (Phi) is 3.45. The second-order valence-corrected chi connectivity index (χ2v) is 4.75. The molecular weight excluding hydrogens is 232 g/mol. The lowest BCUT2D eigenvalue weighted by atomic mass is 10.1. The minimum Gasteiger partial charge on any atom is -0.312 e. The summed E-state index contributed by atoms with van der Waals surface area (Å²) in [6.07, 6.45) is 2.31. The van der Waals surface area contributed by atoms with E-state index in [1.807, 2.05) is 0 Å². The summed E-state index contributed by atoms with van der Waals surface area (Å²) in [7, 11) is 0. The van der Waals surface area contributed by atoms with Gasteiger partial charge in [-0.3, -0.25) is 0 Å². The van der Waals surface area contributed by atoms with Crippen LogP contribution in [0.3, 0.4) is 0 Å². The zero-order valence-corrected chi connectivity index (χ0v) is 9.66. The molecule has 1 nitrogen and oxygen atoms in total. The highest BCUT2D eigenvalue weighted by Crippen LogP contribution is 2.45. The Hall–Kier alpha value is -0.670. The van der Waals surface area contributed by atoms with Gasteiger partial charge < -0.3 is 5.32 Å². The highest BCUT2D eigenvalue weighted by molar-refractivity contribution is 6.18. The summed E-state index contributed by atoms with van der Waals surface area (Å²) in [6.45, 7) is 1.39. The molecular formula is C12H14ClF2N. The van der Waals surface area contributed by atoms with Crippen molar-refractivity contribution in [3.8, 4) is 0 Å².